The minimum atomic E-state index is -4.37. The zero-order valence-corrected chi connectivity index (χ0v) is 23.2. The molecule has 1 amide bonds. The molecule has 0 radical (unpaired) electrons. The van der Waals surface area contributed by atoms with Crippen LogP contribution in [0.25, 0.3) is 0 Å². The molecule has 4 nitrogen and oxygen atoms in total. The molecule has 0 spiro atoms. The second-order valence-electron chi connectivity index (χ2n) is 9.28. The highest BCUT2D eigenvalue weighted by Crippen LogP contribution is 2.32. The highest BCUT2D eigenvalue weighted by molar-refractivity contribution is 5.94. The second-order valence-corrected chi connectivity index (χ2v) is 9.28. The summed E-state index contributed by atoms with van der Waals surface area (Å²) in [6.07, 6.45) is 5.45. The van der Waals surface area contributed by atoms with E-state index in [-0.39, 0.29) is 11.8 Å². The Bertz CT molecular complexity index is 1100. The van der Waals surface area contributed by atoms with Gasteiger partial charge in [-0.1, -0.05) is 65.8 Å². The average Bonchev–Trinajstić information content (AvgIpc) is 2.88. The SMILES string of the molecule is C=C/C(C)=C(/CCN(C)C/C(C)=C/C(=C\C)C(F)(F)F)C(C=CC)c1cccc(C(=O)NCCCC#N)c1. The molecule has 1 atom stereocenters. The molecule has 7 heteroatoms. The highest BCUT2D eigenvalue weighted by Gasteiger charge is 2.31. The van der Waals surface area contributed by atoms with Gasteiger partial charge in [-0.3, -0.25) is 4.79 Å². The Kier molecular flexibility index (Phi) is 14.2. The van der Waals surface area contributed by atoms with Crippen LogP contribution in [0.15, 0.2) is 83.5 Å². The van der Waals surface area contributed by atoms with Gasteiger partial charge in [-0.15, -0.1) is 0 Å². The maximum absolute atomic E-state index is 13.1. The number of likely N-dealkylation sites (N-methyl/N-ethyl adjacent to an activating group) is 1. The smallest absolute Gasteiger partial charge is 0.352 e. The number of rotatable bonds is 14. The number of hydrogen-bond acceptors (Lipinski definition) is 3. The van der Waals surface area contributed by atoms with Crippen LogP contribution in [0.1, 0.15) is 68.8 Å². The van der Waals surface area contributed by atoms with Gasteiger partial charge in [0.05, 0.1) is 11.6 Å². The molecule has 206 valence electrons. The van der Waals surface area contributed by atoms with Crippen molar-refractivity contribution in [1.29, 1.82) is 5.26 Å². The van der Waals surface area contributed by atoms with E-state index in [1.807, 2.05) is 56.1 Å². The van der Waals surface area contributed by atoms with E-state index in [0.29, 0.717) is 50.0 Å². The molecule has 1 unspecified atom stereocenters. The predicted molar refractivity (Wildman–Crippen MR) is 150 cm³/mol. The first kappa shape index (κ1) is 32.7. The van der Waals surface area contributed by atoms with Crippen LogP contribution in [0.3, 0.4) is 0 Å². The third kappa shape index (κ3) is 10.9. The quantitative estimate of drug-likeness (QED) is 0.154. The number of halogens is 3. The molecule has 0 saturated heterocycles. The number of allylic oxidation sites excluding steroid dienone is 7. The first-order chi connectivity index (χ1) is 18.0. The molecule has 1 N–H and O–H groups in total. The van der Waals surface area contributed by atoms with Crippen molar-refractivity contribution in [3.8, 4) is 6.07 Å². The number of carbonyl (C=O) groups excluding carboxylic acids is 1. The van der Waals surface area contributed by atoms with E-state index >= 15 is 0 Å². The fourth-order valence-corrected chi connectivity index (χ4v) is 4.15. The molecule has 0 bridgehead atoms. The lowest BCUT2D eigenvalue weighted by molar-refractivity contribution is -0.0884. The second kappa shape index (κ2) is 16.5. The van der Waals surface area contributed by atoms with Gasteiger partial charge in [0.25, 0.3) is 5.91 Å². The van der Waals surface area contributed by atoms with Crippen molar-refractivity contribution in [3.05, 3.63) is 94.6 Å². The lowest BCUT2D eigenvalue weighted by atomic mass is 9.85. The van der Waals surface area contributed by atoms with Crippen LogP contribution in [0.4, 0.5) is 13.2 Å². The van der Waals surface area contributed by atoms with Gasteiger partial charge in [-0.25, -0.2) is 0 Å². The zero-order chi connectivity index (χ0) is 28.7. The van der Waals surface area contributed by atoms with E-state index in [1.54, 1.807) is 13.0 Å². The minimum Gasteiger partial charge on any atom is -0.352 e. The molecule has 0 aromatic heterocycles. The largest absolute Gasteiger partial charge is 0.416 e. The van der Waals surface area contributed by atoms with E-state index in [0.717, 1.165) is 22.8 Å². The normalized spacial score (nSPS) is 14.3. The van der Waals surface area contributed by atoms with Crippen LogP contribution in [0.5, 0.6) is 0 Å². The lowest BCUT2D eigenvalue weighted by Crippen LogP contribution is -2.24. The number of carbonyl (C=O) groups is 1. The zero-order valence-electron chi connectivity index (χ0n) is 23.2. The lowest BCUT2D eigenvalue weighted by Gasteiger charge is -2.24. The van der Waals surface area contributed by atoms with Crippen LogP contribution in [0.2, 0.25) is 0 Å². The van der Waals surface area contributed by atoms with Crippen molar-refractivity contribution < 1.29 is 18.0 Å². The van der Waals surface area contributed by atoms with Gasteiger partial charge < -0.3 is 10.2 Å². The van der Waals surface area contributed by atoms with Crippen LogP contribution in [0, 0.1) is 11.3 Å². The number of amides is 1. The summed E-state index contributed by atoms with van der Waals surface area (Å²) in [5, 5.41) is 11.5. The summed E-state index contributed by atoms with van der Waals surface area (Å²) in [4.78, 5) is 14.7. The summed E-state index contributed by atoms with van der Waals surface area (Å²) >= 11 is 0. The Morgan fingerprint density at radius 1 is 1.26 bits per heavy atom. The molecular formula is C31H40F3N3O. The van der Waals surface area contributed by atoms with Gasteiger partial charge in [-0.2, -0.15) is 18.4 Å². The van der Waals surface area contributed by atoms with Gasteiger partial charge in [0.1, 0.15) is 0 Å². The Hall–Kier alpha value is -3.37. The van der Waals surface area contributed by atoms with Crippen molar-refractivity contribution in [2.75, 3.05) is 26.7 Å². The fraction of sp³-hybridized carbons (Fsp3) is 0.419. The number of hydrogen-bond donors (Lipinski definition) is 1. The number of unbranched alkanes of at least 4 members (excludes halogenated alkanes) is 1. The topological polar surface area (TPSA) is 56.1 Å². The summed E-state index contributed by atoms with van der Waals surface area (Å²) in [6.45, 7) is 12.5. The summed E-state index contributed by atoms with van der Waals surface area (Å²) in [5.41, 5.74) is 3.64. The molecule has 1 rings (SSSR count). The molecule has 38 heavy (non-hydrogen) atoms. The van der Waals surface area contributed by atoms with E-state index < -0.39 is 11.7 Å². The molecule has 0 aliphatic heterocycles. The third-order valence-corrected chi connectivity index (χ3v) is 6.15. The Balaban J connectivity index is 3.12. The van der Waals surface area contributed by atoms with Crippen molar-refractivity contribution in [2.45, 2.75) is 59.1 Å². The fourth-order valence-electron chi connectivity index (χ4n) is 4.15. The van der Waals surface area contributed by atoms with E-state index in [1.165, 1.54) is 13.0 Å². The summed E-state index contributed by atoms with van der Waals surface area (Å²) < 4.78 is 39.3. The monoisotopic (exact) mass is 527 g/mol. The minimum absolute atomic E-state index is 0.0887. The number of alkyl halides is 3. The Morgan fingerprint density at radius 3 is 2.55 bits per heavy atom. The summed E-state index contributed by atoms with van der Waals surface area (Å²) in [6, 6.07) is 9.56. The number of nitriles is 1. The van der Waals surface area contributed by atoms with Gasteiger partial charge in [0.15, 0.2) is 0 Å². The first-order valence-corrected chi connectivity index (χ1v) is 12.8. The van der Waals surface area contributed by atoms with E-state index in [2.05, 4.69) is 24.0 Å². The first-order valence-electron chi connectivity index (χ1n) is 12.8. The van der Waals surface area contributed by atoms with Crippen molar-refractivity contribution in [2.24, 2.45) is 0 Å². The molecule has 0 fully saturated rings. The number of benzene rings is 1. The van der Waals surface area contributed by atoms with Crippen LogP contribution in [-0.4, -0.2) is 43.7 Å². The van der Waals surface area contributed by atoms with Crippen LogP contribution < -0.4 is 5.32 Å². The molecule has 0 heterocycles. The predicted octanol–water partition coefficient (Wildman–Crippen LogP) is 7.66. The van der Waals surface area contributed by atoms with Gasteiger partial charge in [-0.05, 0) is 65.3 Å². The molecular weight excluding hydrogens is 487 g/mol. The molecule has 0 aliphatic rings. The van der Waals surface area contributed by atoms with Crippen LogP contribution >= 0.6 is 0 Å². The van der Waals surface area contributed by atoms with Crippen molar-refractivity contribution >= 4 is 5.91 Å². The summed E-state index contributed by atoms with van der Waals surface area (Å²) in [5.74, 6) is -0.273. The third-order valence-electron chi connectivity index (χ3n) is 6.15. The summed E-state index contributed by atoms with van der Waals surface area (Å²) in [7, 11) is 1.89. The van der Waals surface area contributed by atoms with E-state index in [4.69, 9.17) is 5.26 Å². The van der Waals surface area contributed by atoms with E-state index in [9.17, 15) is 18.0 Å². The van der Waals surface area contributed by atoms with Crippen LogP contribution in [-0.2, 0) is 0 Å². The van der Waals surface area contributed by atoms with Gasteiger partial charge in [0, 0.05) is 37.5 Å². The number of nitrogens with one attached hydrogen (secondary N) is 1. The van der Waals surface area contributed by atoms with Gasteiger partial charge in [0.2, 0.25) is 0 Å². The molecule has 1 aromatic rings. The maximum Gasteiger partial charge on any atom is 0.416 e. The number of nitrogens with zero attached hydrogens (tertiary/aromatic N) is 2. The highest BCUT2D eigenvalue weighted by atomic mass is 19.4. The Labute approximate surface area is 225 Å². The van der Waals surface area contributed by atoms with Crippen molar-refractivity contribution in [3.63, 3.8) is 0 Å². The average molecular weight is 528 g/mol. The van der Waals surface area contributed by atoms with Gasteiger partial charge >= 0.3 is 6.18 Å². The molecule has 0 saturated carbocycles. The Morgan fingerprint density at radius 2 is 1.97 bits per heavy atom. The molecule has 1 aromatic carbocycles. The van der Waals surface area contributed by atoms with Crippen molar-refractivity contribution in [1.82, 2.24) is 10.2 Å². The standard InChI is InChI=1S/C31H40F3N3O/c1-7-13-29(25-14-12-15-26(21-25)30(38)36-18-11-10-17-35)28(24(5)8-2)16-19-37(6)22-23(4)20-27(9-3)31(32,33)34/h7-9,12-15,20-21,29H,2,10-11,16,18-19,22H2,1,3-6H3,(H,36,38)/b13-7?,23-20+,27-9+,28-24-. The maximum atomic E-state index is 13.1. The molecule has 0 aliphatic carbocycles.